The third kappa shape index (κ3) is 2.78. The normalized spacial score (nSPS) is 12.4. The Morgan fingerprint density at radius 2 is 2.07 bits per heavy atom. The predicted octanol–water partition coefficient (Wildman–Crippen LogP) is 4.34. The van der Waals surface area contributed by atoms with Gasteiger partial charge < -0.3 is 0 Å². The van der Waals surface area contributed by atoms with Crippen LogP contribution in [-0.4, -0.2) is 0 Å². The van der Waals surface area contributed by atoms with Gasteiger partial charge in [-0.3, -0.25) is 0 Å². The molecule has 0 aromatic heterocycles. The van der Waals surface area contributed by atoms with Crippen molar-refractivity contribution in [1.29, 1.82) is 0 Å². The zero-order valence-corrected chi connectivity index (χ0v) is 9.59. The van der Waals surface area contributed by atoms with Crippen molar-refractivity contribution in [3.8, 4) is 0 Å². The van der Waals surface area contributed by atoms with Crippen molar-refractivity contribution in [1.82, 2.24) is 0 Å². The molecule has 74 valence electrons. The van der Waals surface area contributed by atoms with Gasteiger partial charge in [0.15, 0.2) is 0 Å². The molecule has 0 bridgehead atoms. The summed E-state index contributed by atoms with van der Waals surface area (Å²) < 4.78 is 0. The van der Waals surface area contributed by atoms with Crippen molar-refractivity contribution in [2.45, 2.75) is 25.2 Å². The van der Waals surface area contributed by atoms with E-state index < -0.39 is 0 Å². The maximum absolute atomic E-state index is 4.44. The molecular weight excluding hydrogens is 188 g/mol. The second kappa shape index (κ2) is 5.71. The maximum Gasteiger partial charge on any atom is 0.0118 e. The van der Waals surface area contributed by atoms with Gasteiger partial charge in [0.1, 0.15) is 0 Å². The Labute approximate surface area is 91.8 Å². The van der Waals surface area contributed by atoms with E-state index in [1.54, 1.807) is 0 Å². The van der Waals surface area contributed by atoms with E-state index in [1.165, 1.54) is 11.1 Å². The fourth-order valence-corrected chi connectivity index (χ4v) is 1.59. The minimum atomic E-state index is 1.03. The lowest BCUT2D eigenvalue weighted by atomic mass is 10.1. The van der Waals surface area contributed by atoms with E-state index in [0.29, 0.717) is 0 Å². The lowest BCUT2D eigenvalue weighted by molar-refractivity contribution is 1.22. The molecule has 0 aliphatic rings. The van der Waals surface area contributed by atoms with Crippen LogP contribution in [-0.2, 0) is 0 Å². The van der Waals surface area contributed by atoms with E-state index in [0.717, 1.165) is 11.3 Å². The minimum Gasteiger partial charge on any atom is -0.143 e. The molecule has 0 fully saturated rings. The third-order valence-corrected chi connectivity index (χ3v) is 2.45. The van der Waals surface area contributed by atoms with Crippen LogP contribution in [0.4, 0.5) is 0 Å². The van der Waals surface area contributed by atoms with Gasteiger partial charge in [-0.1, -0.05) is 43.4 Å². The van der Waals surface area contributed by atoms with Gasteiger partial charge in [-0.15, -0.1) is 12.6 Å². The minimum absolute atomic E-state index is 1.03. The van der Waals surface area contributed by atoms with E-state index in [-0.39, 0.29) is 0 Å². The number of hydrogen-bond acceptors (Lipinski definition) is 1. The molecule has 0 saturated heterocycles. The Balaban J connectivity index is 3.02. The third-order valence-electron chi connectivity index (χ3n) is 2.06. The van der Waals surface area contributed by atoms with E-state index in [2.05, 4.69) is 50.8 Å². The van der Waals surface area contributed by atoms with Crippen LogP contribution in [0.25, 0.3) is 5.57 Å². The first-order chi connectivity index (χ1) is 6.79. The Hall–Kier alpha value is -0.950. The number of benzene rings is 1. The highest BCUT2D eigenvalue weighted by Gasteiger charge is 1.99. The Kier molecular flexibility index (Phi) is 4.54. The molecule has 0 unspecified atom stereocenters. The van der Waals surface area contributed by atoms with Crippen LogP contribution in [0.2, 0.25) is 0 Å². The zero-order valence-electron chi connectivity index (χ0n) is 8.70. The van der Waals surface area contributed by atoms with Crippen molar-refractivity contribution in [2.24, 2.45) is 0 Å². The zero-order chi connectivity index (χ0) is 10.4. The fraction of sp³-hybridized carbons (Fsp3) is 0.231. The molecule has 0 amide bonds. The molecule has 0 atom stereocenters. The highest BCUT2D eigenvalue weighted by atomic mass is 32.1. The summed E-state index contributed by atoms with van der Waals surface area (Å²) in [5.74, 6) is 0. The summed E-state index contributed by atoms with van der Waals surface area (Å²) in [5.41, 5.74) is 2.43. The van der Waals surface area contributed by atoms with Gasteiger partial charge in [-0.25, -0.2) is 0 Å². The second-order valence-electron chi connectivity index (χ2n) is 3.07. The molecule has 0 N–H and O–H groups in total. The number of hydrogen-bond donors (Lipinski definition) is 1. The van der Waals surface area contributed by atoms with Crippen molar-refractivity contribution < 1.29 is 0 Å². The van der Waals surface area contributed by atoms with Gasteiger partial charge in [-0.2, -0.15) is 0 Å². The lowest BCUT2D eigenvalue weighted by Crippen LogP contribution is -1.82. The Bertz CT molecular complexity index is 348. The first-order valence-electron chi connectivity index (χ1n) is 4.90. The molecule has 0 aliphatic carbocycles. The number of thiol groups is 1. The van der Waals surface area contributed by atoms with Gasteiger partial charge in [0.25, 0.3) is 0 Å². The first-order valence-corrected chi connectivity index (χ1v) is 5.35. The van der Waals surface area contributed by atoms with Gasteiger partial charge in [0.05, 0.1) is 0 Å². The van der Waals surface area contributed by atoms with E-state index in [4.69, 9.17) is 0 Å². The average molecular weight is 204 g/mol. The SMILES string of the molecule is C/C=C(\C=C/CC)c1ccccc1S. The van der Waals surface area contributed by atoms with Crippen LogP contribution in [0.1, 0.15) is 25.8 Å². The molecule has 1 heteroatoms. The van der Waals surface area contributed by atoms with Crippen LogP contribution < -0.4 is 0 Å². The molecular formula is C13H16S. The summed E-state index contributed by atoms with van der Waals surface area (Å²) in [6, 6.07) is 8.15. The van der Waals surface area contributed by atoms with Gasteiger partial charge in [0, 0.05) is 4.90 Å². The second-order valence-corrected chi connectivity index (χ2v) is 3.55. The molecule has 0 spiro atoms. The molecule has 0 radical (unpaired) electrons. The van der Waals surface area contributed by atoms with Gasteiger partial charge in [-0.05, 0) is 30.5 Å². The van der Waals surface area contributed by atoms with Crippen molar-refractivity contribution in [3.63, 3.8) is 0 Å². The fourth-order valence-electron chi connectivity index (χ4n) is 1.30. The van der Waals surface area contributed by atoms with Crippen LogP contribution in [0.15, 0.2) is 47.4 Å². The number of allylic oxidation sites excluding steroid dienone is 4. The molecule has 1 aromatic rings. The summed E-state index contributed by atoms with van der Waals surface area (Å²) >= 11 is 4.44. The van der Waals surface area contributed by atoms with Crippen LogP contribution >= 0.6 is 12.6 Å². The monoisotopic (exact) mass is 204 g/mol. The Morgan fingerprint density at radius 1 is 1.36 bits per heavy atom. The molecule has 1 aromatic carbocycles. The topological polar surface area (TPSA) is 0 Å². The van der Waals surface area contributed by atoms with Crippen LogP contribution in [0.5, 0.6) is 0 Å². The maximum atomic E-state index is 4.44. The highest BCUT2D eigenvalue weighted by Crippen LogP contribution is 2.23. The molecule has 0 aliphatic heterocycles. The van der Waals surface area contributed by atoms with E-state index >= 15 is 0 Å². The molecule has 0 saturated carbocycles. The predicted molar refractivity (Wildman–Crippen MR) is 66.8 cm³/mol. The van der Waals surface area contributed by atoms with Crippen molar-refractivity contribution in [3.05, 3.63) is 48.1 Å². The molecule has 1 rings (SSSR count). The quantitative estimate of drug-likeness (QED) is 0.549. The summed E-state index contributed by atoms with van der Waals surface area (Å²) in [6.45, 7) is 4.19. The van der Waals surface area contributed by atoms with Crippen molar-refractivity contribution in [2.75, 3.05) is 0 Å². The van der Waals surface area contributed by atoms with Gasteiger partial charge in [0.2, 0.25) is 0 Å². The van der Waals surface area contributed by atoms with Crippen LogP contribution in [0.3, 0.4) is 0 Å². The highest BCUT2D eigenvalue weighted by molar-refractivity contribution is 7.80. The van der Waals surface area contributed by atoms with Crippen LogP contribution in [0, 0.1) is 0 Å². The summed E-state index contributed by atoms with van der Waals surface area (Å²) in [5, 5.41) is 0. The molecule has 14 heavy (non-hydrogen) atoms. The summed E-state index contributed by atoms with van der Waals surface area (Å²) in [6.07, 6.45) is 7.48. The average Bonchev–Trinajstić information content (AvgIpc) is 2.21. The summed E-state index contributed by atoms with van der Waals surface area (Å²) in [7, 11) is 0. The standard InChI is InChI=1S/C13H16S/c1-3-5-8-11(4-2)12-9-6-7-10-13(12)14/h4-10,14H,3H2,1-2H3/b8-5-,11-4+. The van der Waals surface area contributed by atoms with Gasteiger partial charge >= 0.3 is 0 Å². The summed E-state index contributed by atoms with van der Waals surface area (Å²) in [4.78, 5) is 1.03. The largest absolute Gasteiger partial charge is 0.143 e. The Morgan fingerprint density at radius 3 is 2.64 bits per heavy atom. The van der Waals surface area contributed by atoms with Crippen molar-refractivity contribution >= 4 is 18.2 Å². The number of rotatable bonds is 3. The van der Waals surface area contributed by atoms with E-state index in [1.807, 2.05) is 18.2 Å². The van der Waals surface area contributed by atoms with E-state index in [9.17, 15) is 0 Å². The molecule has 0 heterocycles. The molecule has 0 nitrogen and oxygen atoms in total. The first kappa shape index (κ1) is 11.1. The lowest BCUT2D eigenvalue weighted by Gasteiger charge is -2.04. The smallest absolute Gasteiger partial charge is 0.0118 e.